The summed E-state index contributed by atoms with van der Waals surface area (Å²) in [6.07, 6.45) is -0.160. The maximum atomic E-state index is 13.7. The smallest absolute Gasteiger partial charge is 0.123 e. The number of aryl methyl sites for hydroxylation is 1. The summed E-state index contributed by atoms with van der Waals surface area (Å²) in [6.45, 7) is 4.73. The maximum absolute atomic E-state index is 13.7. The van der Waals surface area contributed by atoms with E-state index in [2.05, 4.69) is 5.32 Å². The van der Waals surface area contributed by atoms with Crippen molar-refractivity contribution in [1.82, 2.24) is 5.32 Å². The highest BCUT2D eigenvalue weighted by molar-refractivity contribution is 5.30. The Kier molecular flexibility index (Phi) is 5.48. The van der Waals surface area contributed by atoms with Crippen LogP contribution >= 0.6 is 0 Å². The summed E-state index contributed by atoms with van der Waals surface area (Å²) < 4.78 is 19.4. The minimum absolute atomic E-state index is 0.0863. The summed E-state index contributed by atoms with van der Waals surface area (Å²) in [5.41, 5.74) is 2.90. The van der Waals surface area contributed by atoms with E-state index in [1.54, 1.807) is 13.2 Å². The molecule has 112 valence electrons. The van der Waals surface area contributed by atoms with Crippen molar-refractivity contribution in [2.24, 2.45) is 0 Å². The number of methoxy groups -OCH3 is 1. The summed E-state index contributed by atoms with van der Waals surface area (Å²) >= 11 is 0. The molecule has 0 radical (unpaired) electrons. The quantitative estimate of drug-likeness (QED) is 0.861. The predicted octanol–water partition coefficient (Wildman–Crippen LogP) is 4.17. The fourth-order valence-corrected chi connectivity index (χ4v) is 2.67. The molecule has 21 heavy (non-hydrogen) atoms. The Labute approximate surface area is 126 Å². The number of likely N-dealkylation sites (N-methyl/N-ethyl adjacent to an activating group) is 1. The third kappa shape index (κ3) is 3.90. The highest BCUT2D eigenvalue weighted by Gasteiger charge is 2.24. The van der Waals surface area contributed by atoms with Crippen molar-refractivity contribution in [2.75, 3.05) is 13.7 Å². The lowest BCUT2D eigenvalue weighted by Crippen LogP contribution is -2.28. The van der Waals surface area contributed by atoms with Gasteiger partial charge in [-0.25, -0.2) is 4.39 Å². The molecular formula is C18H22FNO. The number of rotatable bonds is 6. The summed E-state index contributed by atoms with van der Waals surface area (Å²) in [5.74, 6) is -0.212. The van der Waals surface area contributed by atoms with E-state index in [1.165, 1.54) is 6.07 Å². The van der Waals surface area contributed by atoms with Gasteiger partial charge < -0.3 is 10.1 Å². The molecule has 0 bridgehead atoms. The highest BCUT2D eigenvalue weighted by Crippen LogP contribution is 2.32. The van der Waals surface area contributed by atoms with Gasteiger partial charge >= 0.3 is 0 Å². The summed E-state index contributed by atoms with van der Waals surface area (Å²) in [5, 5.41) is 3.41. The van der Waals surface area contributed by atoms with Gasteiger partial charge in [0.2, 0.25) is 0 Å². The average molecular weight is 287 g/mol. The van der Waals surface area contributed by atoms with Crippen LogP contribution in [0.3, 0.4) is 0 Å². The lowest BCUT2D eigenvalue weighted by Gasteiger charge is -2.28. The Balaban J connectivity index is 2.41. The van der Waals surface area contributed by atoms with Crippen LogP contribution in [0, 0.1) is 12.7 Å². The van der Waals surface area contributed by atoms with E-state index >= 15 is 0 Å². The molecule has 0 saturated heterocycles. The molecule has 2 aromatic carbocycles. The number of nitrogens with one attached hydrogen (secondary N) is 1. The first-order valence-corrected chi connectivity index (χ1v) is 7.24. The first-order valence-electron chi connectivity index (χ1n) is 7.24. The minimum Gasteiger partial charge on any atom is -0.375 e. The topological polar surface area (TPSA) is 21.3 Å². The van der Waals surface area contributed by atoms with Crippen LogP contribution in [-0.2, 0) is 4.74 Å². The van der Waals surface area contributed by atoms with Gasteiger partial charge in [-0.3, -0.25) is 0 Å². The fraction of sp³-hybridized carbons (Fsp3) is 0.333. The van der Waals surface area contributed by atoms with Crippen LogP contribution in [0.4, 0.5) is 4.39 Å². The average Bonchev–Trinajstić information content (AvgIpc) is 2.47. The molecule has 0 aliphatic heterocycles. The summed E-state index contributed by atoms with van der Waals surface area (Å²) in [4.78, 5) is 0. The monoisotopic (exact) mass is 287 g/mol. The third-order valence-corrected chi connectivity index (χ3v) is 3.53. The Morgan fingerprint density at radius 3 is 2.38 bits per heavy atom. The second kappa shape index (κ2) is 7.34. The van der Waals surface area contributed by atoms with Gasteiger partial charge in [0.05, 0.1) is 6.04 Å². The van der Waals surface area contributed by atoms with Gasteiger partial charge in [0, 0.05) is 7.11 Å². The second-order valence-corrected chi connectivity index (χ2v) is 5.16. The van der Waals surface area contributed by atoms with Crippen LogP contribution in [0.2, 0.25) is 0 Å². The number of hydrogen-bond acceptors (Lipinski definition) is 2. The highest BCUT2D eigenvalue weighted by atomic mass is 19.1. The number of ether oxygens (including phenoxy) is 1. The standard InChI is InChI=1S/C18H22FNO/c1-4-20-17(15-10-13(2)11-16(19)12-15)18(21-3)14-8-6-5-7-9-14/h5-12,17-18,20H,4H2,1-3H3. The zero-order chi connectivity index (χ0) is 15.2. The van der Waals surface area contributed by atoms with E-state index < -0.39 is 0 Å². The molecular weight excluding hydrogens is 265 g/mol. The van der Waals surface area contributed by atoms with Gasteiger partial charge in [0.1, 0.15) is 11.9 Å². The molecule has 0 heterocycles. The van der Waals surface area contributed by atoms with Crippen LogP contribution in [-0.4, -0.2) is 13.7 Å². The SMILES string of the molecule is CCNC(c1cc(C)cc(F)c1)C(OC)c1ccccc1. The Morgan fingerprint density at radius 2 is 1.81 bits per heavy atom. The van der Waals surface area contributed by atoms with Crippen LogP contribution in [0.1, 0.15) is 35.8 Å². The van der Waals surface area contributed by atoms with Gasteiger partial charge in [0.25, 0.3) is 0 Å². The molecule has 0 fully saturated rings. The van der Waals surface area contributed by atoms with E-state index in [9.17, 15) is 4.39 Å². The largest absolute Gasteiger partial charge is 0.375 e. The summed E-state index contributed by atoms with van der Waals surface area (Å²) in [7, 11) is 1.69. The maximum Gasteiger partial charge on any atom is 0.123 e. The van der Waals surface area contributed by atoms with E-state index in [0.717, 1.165) is 23.2 Å². The number of hydrogen-bond donors (Lipinski definition) is 1. The van der Waals surface area contributed by atoms with Crippen LogP contribution in [0.5, 0.6) is 0 Å². The molecule has 0 amide bonds. The molecule has 2 atom stereocenters. The normalized spacial score (nSPS) is 13.9. The lowest BCUT2D eigenvalue weighted by molar-refractivity contribution is 0.0680. The van der Waals surface area contributed by atoms with Crippen LogP contribution in [0.15, 0.2) is 48.5 Å². The number of halogens is 1. The molecule has 0 aromatic heterocycles. The van der Waals surface area contributed by atoms with Crippen LogP contribution < -0.4 is 5.32 Å². The second-order valence-electron chi connectivity index (χ2n) is 5.16. The minimum atomic E-state index is -0.212. The third-order valence-electron chi connectivity index (χ3n) is 3.53. The summed E-state index contributed by atoms with van der Waals surface area (Å²) in [6, 6.07) is 15.1. The Bertz CT molecular complexity index is 550. The first kappa shape index (κ1) is 15.7. The van der Waals surface area contributed by atoms with Crippen molar-refractivity contribution in [2.45, 2.75) is 26.0 Å². The van der Waals surface area contributed by atoms with Crippen molar-refractivity contribution in [3.8, 4) is 0 Å². The predicted molar refractivity (Wildman–Crippen MR) is 83.7 cm³/mol. The Morgan fingerprint density at radius 1 is 1.10 bits per heavy atom. The van der Waals surface area contributed by atoms with E-state index in [4.69, 9.17) is 4.74 Å². The zero-order valence-corrected chi connectivity index (χ0v) is 12.8. The van der Waals surface area contributed by atoms with E-state index in [0.29, 0.717) is 0 Å². The van der Waals surface area contributed by atoms with Gasteiger partial charge in [-0.05, 0) is 42.3 Å². The van der Waals surface area contributed by atoms with Crippen molar-refractivity contribution in [3.63, 3.8) is 0 Å². The fourth-order valence-electron chi connectivity index (χ4n) is 2.67. The molecule has 0 spiro atoms. The van der Waals surface area contributed by atoms with Crippen molar-refractivity contribution in [3.05, 3.63) is 71.0 Å². The first-order chi connectivity index (χ1) is 10.2. The van der Waals surface area contributed by atoms with Gasteiger partial charge in [-0.15, -0.1) is 0 Å². The number of benzene rings is 2. The molecule has 2 nitrogen and oxygen atoms in total. The molecule has 0 aliphatic rings. The van der Waals surface area contributed by atoms with Gasteiger partial charge in [-0.1, -0.05) is 43.3 Å². The molecule has 0 saturated carbocycles. The molecule has 2 aromatic rings. The van der Waals surface area contributed by atoms with Crippen molar-refractivity contribution >= 4 is 0 Å². The molecule has 1 N–H and O–H groups in total. The van der Waals surface area contributed by atoms with Crippen LogP contribution in [0.25, 0.3) is 0 Å². The molecule has 0 aliphatic carbocycles. The van der Waals surface area contributed by atoms with Crippen molar-refractivity contribution < 1.29 is 9.13 Å². The van der Waals surface area contributed by atoms with E-state index in [-0.39, 0.29) is 18.0 Å². The molecule has 2 unspecified atom stereocenters. The zero-order valence-electron chi connectivity index (χ0n) is 12.8. The van der Waals surface area contributed by atoms with Crippen molar-refractivity contribution in [1.29, 1.82) is 0 Å². The Hall–Kier alpha value is -1.71. The van der Waals surface area contributed by atoms with E-state index in [1.807, 2.05) is 50.2 Å². The van der Waals surface area contributed by atoms with Gasteiger partial charge in [-0.2, -0.15) is 0 Å². The molecule has 3 heteroatoms. The van der Waals surface area contributed by atoms with Gasteiger partial charge in [0.15, 0.2) is 0 Å². The lowest BCUT2D eigenvalue weighted by atomic mass is 9.94. The molecule has 2 rings (SSSR count).